The van der Waals surface area contributed by atoms with E-state index in [1.54, 1.807) is 0 Å². The lowest BCUT2D eigenvalue weighted by molar-refractivity contribution is -0.0107. The third kappa shape index (κ3) is 4.40. The van der Waals surface area contributed by atoms with Crippen LogP contribution in [0.3, 0.4) is 0 Å². The molecule has 0 aliphatic carbocycles. The minimum atomic E-state index is -0.200. The zero-order valence-corrected chi connectivity index (χ0v) is 9.34. The Hall–Kier alpha value is -0.120. The molecule has 14 heavy (non-hydrogen) atoms. The van der Waals surface area contributed by atoms with E-state index in [1.165, 1.54) is 25.7 Å². The van der Waals surface area contributed by atoms with Crippen molar-refractivity contribution >= 4 is 0 Å². The van der Waals surface area contributed by atoms with Gasteiger partial charge in [-0.1, -0.05) is 26.2 Å². The van der Waals surface area contributed by atoms with Crippen molar-refractivity contribution in [2.75, 3.05) is 26.2 Å². The fourth-order valence-electron chi connectivity index (χ4n) is 1.92. The summed E-state index contributed by atoms with van der Waals surface area (Å²) in [7, 11) is 0. The summed E-state index contributed by atoms with van der Waals surface area (Å²) in [6.07, 6.45) is 5.74. The molecule has 3 heteroatoms. The molecule has 0 bridgehead atoms. The Morgan fingerprint density at radius 1 is 1.21 bits per heavy atom. The highest BCUT2D eigenvalue weighted by molar-refractivity contribution is 4.69. The highest BCUT2D eigenvalue weighted by atomic mass is 16.3. The largest absolute Gasteiger partial charge is 0.378 e. The number of nitrogens with zero attached hydrogens (tertiary/aromatic N) is 1. The van der Waals surface area contributed by atoms with E-state index in [9.17, 15) is 5.11 Å². The zero-order valence-electron chi connectivity index (χ0n) is 9.34. The first-order chi connectivity index (χ1) is 6.84. The van der Waals surface area contributed by atoms with Crippen LogP contribution in [0.2, 0.25) is 0 Å². The zero-order chi connectivity index (χ0) is 10.2. The van der Waals surface area contributed by atoms with E-state index < -0.39 is 0 Å². The molecule has 0 aromatic carbocycles. The smallest absolute Gasteiger partial charge is 0.107 e. The van der Waals surface area contributed by atoms with Gasteiger partial charge in [-0.3, -0.25) is 4.90 Å². The molecule has 1 heterocycles. The molecule has 0 amide bonds. The first kappa shape index (κ1) is 12.0. The van der Waals surface area contributed by atoms with E-state index in [2.05, 4.69) is 17.1 Å². The van der Waals surface area contributed by atoms with Crippen molar-refractivity contribution < 1.29 is 5.11 Å². The summed E-state index contributed by atoms with van der Waals surface area (Å²) in [5, 5.41) is 13.2. The summed E-state index contributed by atoms with van der Waals surface area (Å²) in [5.74, 6) is 0. The molecule has 1 fully saturated rings. The molecule has 1 aliphatic heterocycles. The van der Waals surface area contributed by atoms with Crippen molar-refractivity contribution in [1.29, 1.82) is 0 Å². The van der Waals surface area contributed by atoms with Gasteiger partial charge in [-0.05, 0) is 12.8 Å². The summed E-state index contributed by atoms with van der Waals surface area (Å²) in [6.45, 7) is 6.24. The molecule has 1 atom stereocenters. The molecule has 1 unspecified atom stereocenters. The fraction of sp³-hybridized carbons (Fsp3) is 1.00. The number of aliphatic hydroxyl groups is 1. The lowest BCUT2D eigenvalue weighted by atomic mass is 10.1. The van der Waals surface area contributed by atoms with Crippen LogP contribution >= 0.6 is 0 Å². The molecule has 1 aliphatic rings. The maximum absolute atomic E-state index is 9.87. The number of aliphatic hydroxyl groups excluding tert-OH is 1. The Kier molecular flexibility index (Phi) is 6.15. The number of hydrogen-bond donors (Lipinski definition) is 2. The van der Waals surface area contributed by atoms with Crippen LogP contribution in [-0.2, 0) is 0 Å². The van der Waals surface area contributed by atoms with Gasteiger partial charge >= 0.3 is 0 Å². The van der Waals surface area contributed by atoms with Crippen molar-refractivity contribution in [3.05, 3.63) is 0 Å². The predicted octanol–water partition coefficient (Wildman–Crippen LogP) is 1.18. The van der Waals surface area contributed by atoms with Crippen molar-refractivity contribution in [2.24, 2.45) is 0 Å². The molecule has 0 saturated carbocycles. The minimum absolute atomic E-state index is 0.200. The topological polar surface area (TPSA) is 35.5 Å². The normalized spacial score (nSPS) is 21.0. The van der Waals surface area contributed by atoms with Crippen molar-refractivity contribution in [2.45, 2.75) is 45.3 Å². The maximum Gasteiger partial charge on any atom is 0.107 e. The van der Waals surface area contributed by atoms with Gasteiger partial charge in [-0.2, -0.15) is 0 Å². The van der Waals surface area contributed by atoms with Gasteiger partial charge in [0, 0.05) is 26.2 Å². The monoisotopic (exact) mass is 200 g/mol. The standard InChI is InChI=1S/C11H24N2O/c1-2-3-4-5-6-11(14)13-9-7-12-8-10-13/h11-12,14H,2-10H2,1H3. The Bertz CT molecular complexity index is 135. The minimum Gasteiger partial charge on any atom is -0.378 e. The molecule has 2 N–H and O–H groups in total. The SMILES string of the molecule is CCCCCCC(O)N1CCNCC1. The van der Waals surface area contributed by atoms with Crippen LogP contribution in [0, 0.1) is 0 Å². The first-order valence-corrected chi connectivity index (χ1v) is 5.97. The maximum atomic E-state index is 9.87. The number of unbranched alkanes of at least 4 members (excludes halogenated alkanes) is 3. The Morgan fingerprint density at radius 3 is 2.57 bits per heavy atom. The Labute approximate surface area is 87.5 Å². The van der Waals surface area contributed by atoms with E-state index in [0.717, 1.165) is 32.6 Å². The third-order valence-electron chi connectivity index (χ3n) is 2.89. The Morgan fingerprint density at radius 2 is 1.93 bits per heavy atom. The molecule has 0 spiro atoms. The van der Waals surface area contributed by atoms with Gasteiger partial charge in [0.05, 0.1) is 0 Å². The number of piperazine rings is 1. The van der Waals surface area contributed by atoms with E-state index >= 15 is 0 Å². The van der Waals surface area contributed by atoms with E-state index in [4.69, 9.17) is 0 Å². The lowest BCUT2D eigenvalue weighted by Gasteiger charge is -2.31. The van der Waals surface area contributed by atoms with Crippen LogP contribution in [0.15, 0.2) is 0 Å². The molecule has 84 valence electrons. The van der Waals surface area contributed by atoms with Gasteiger partial charge in [-0.15, -0.1) is 0 Å². The summed E-state index contributed by atoms with van der Waals surface area (Å²) < 4.78 is 0. The second kappa shape index (κ2) is 7.21. The Balaban J connectivity index is 2.04. The van der Waals surface area contributed by atoms with Crippen LogP contribution in [0.5, 0.6) is 0 Å². The van der Waals surface area contributed by atoms with Gasteiger partial charge in [0.25, 0.3) is 0 Å². The van der Waals surface area contributed by atoms with Crippen LogP contribution in [0.1, 0.15) is 39.0 Å². The van der Waals surface area contributed by atoms with E-state index in [1.807, 2.05) is 0 Å². The molecule has 0 aromatic heterocycles. The number of rotatable bonds is 6. The van der Waals surface area contributed by atoms with Crippen molar-refractivity contribution in [3.63, 3.8) is 0 Å². The molecular weight excluding hydrogens is 176 g/mol. The van der Waals surface area contributed by atoms with Gasteiger partial charge < -0.3 is 10.4 Å². The van der Waals surface area contributed by atoms with E-state index in [0.29, 0.717) is 0 Å². The highest BCUT2D eigenvalue weighted by Crippen LogP contribution is 2.09. The second-order valence-corrected chi connectivity index (χ2v) is 4.12. The quantitative estimate of drug-likeness (QED) is 0.632. The van der Waals surface area contributed by atoms with Crippen LogP contribution in [-0.4, -0.2) is 42.4 Å². The van der Waals surface area contributed by atoms with Gasteiger partial charge in [0.2, 0.25) is 0 Å². The van der Waals surface area contributed by atoms with Crippen molar-refractivity contribution in [3.8, 4) is 0 Å². The average Bonchev–Trinajstić information content (AvgIpc) is 2.25. The van der Waals surface area contributed by atoms with Crippen LogP contribution in [0.4, 0.5) is 0 Å². The number of hydrogen-bond acceptors (Lipinski definition) is 3. The van der Waals surface area contributed by atoms with E-state index in [-0.39, 0.29) is 6.23 Å². The summed E-state index contributed by atoms with van der Waals surface area (Å²) in [4.78, 5) is 2.18. The molecule has 1 rings (SSSR count). The van der Waals surface area contributed by atoms with Crippen molar-refractivity contribution in [1.82, 2.24) is 10.2 Å². The molecule has 1 saturated heterocycles. The summed E-state index contributed by atoms with van der Waals surface area (Å²) in [6, 6.07) is 0. The highest BCUT2D eigenvalue weighted by Gasteiger charge is 2.16. The van der Waals surface area contributed by atoms with Gasteiger partial charge in [0.15, 0.2) is 0 Å². The first-order valence-electron chi connectivity index (χ1n) is 5.97. The molecular formula is C11H24N2O. The molecule has 0 aromatic rings. The third-order valence-corrected chi connectivity index (χ3v) is 2.89. The average molecular weight is 200 g/mol. The number of nitrogens with one attached hydrogen (secondary N) is 1. The molecule has 0 radical (unpaired) electrons. The van der Waals surface area contributed by atoms with Crippen LogP contribution in [0.25, 0.3) is 0 Å². The molecule has 3 nitrogen and oxygen atoms in total. The van der Waals surface area contributed by atoms with Crippen LogP contribution < -0.4 is 5.32 Å². The lowest BCUT2D eigenvalue weighted by Crippen LogP contribution is -2.48. The summed E-state index contributed by atoms with van der Waals surface area (Å²) in [5.41, 5.74) is 0. The summed E-state index contributed by atoms with van der Waals surface area (Å²) >= 11 is 0. The second-order valence-electron chi connectivity index (χ2n) is 4.12. The van der Waals surface area contributed by atoms with Gasteiger partial charge in [0.1, 0.15) is 6.23 Å². The van der Waals surface area contributed by atoms with Gasteiger partial charge in [-0.25, -0.2) is 0 Å². The fourth-order valence-corrected chi connectivity index (χ4v) is 1.92. The predicted molar refractivity (Wildman–Crippen MR) is 59.2 cm³/mol.